The molecule has 0 aromatic rings. The zero-order chi connectivity index (χ0) is 7.82. The number of rotatable bonds is 5. The van der Waals surface area contributed by atoms with Crippen LogP contribution >= 0.6 is 12.4 Å². The molecule has 4 heteroatoms. The number of hydrogen-bond acceptors (Lipinski definition) is 2. The minimum atomic E-state index is 0. The van der Waals surface area contributed by atoms with Crippen molar-refractivity contribution in [2.45, 2.75) is 19.3 Å². The van der Waals surface area contributed by atoms with Gasteiger partial charge < -0.3 is 10.6 Å². The minimum absolute atomic E-state index is 0. The quantitative estimate of drug-likeness (QED) is 0.607. The molecule has 0 unspecified atom stereocenters. The predicted octanol–water partition coefficient (Wildman–Crippen LogP) is 0.544. The number of hydrogen-bond donors (Lipinski definition) is 2. The number of carbonyl (C=O) groups is 1. The molecule has 3 nitrogen and oxygen atoms in total. The number of unbranched alkanes of at least 4 members (excludes halogenated alkanes) is 1. The Bertz CT molecular complexity index is 98.4. The molecule has 0 rings (SSSR count). The molecule has 0 spiro atoms. The fraction of sp³-hybridized carbons (Fsp3) is 0.857. The Kier molecular flexibility index (Phi) is 11.8. The summed E-state index contributed by atoms with van der Waals surface area (Å²) in [5.74, 6) is 0.135. The maximum atomic E-state index is 10.6. The number of halogens is 1. The molecule has 0 saturated heterocycles. The van der Waals surface area contributed by atoms with Gasteiger partial charge in [0.1, 0.15) is 0 Å². The topological polar surface area (TPSA) is 41.1 Å². The van der Waals surface area contributed by atoms with Gasteiger partial charge in [-0.3, -0.25) is 4.79 Å². The Balaban J connectivity index is 0. The molecule has 0 saturated carbocycles. The first-order valence-corrected chi connectivity index (χ1v) is 3.66. The van der Waals surface area contributed by atoms with Gasteiger partial charge in [-0.05, 0) is 26.4 Å². The number of carbonyl (C=O) groups excluding carboxylic acids is 1. The zero-order valence-electron chi connectivity index (χ0n) is 7.14. The number of nitrogens with one attached hydrogen (secondary N) is 2. The lowest BCUT2D eigenvalue weighted by Crippen LogP contribution is -2.17. The Labute approximate surface area is 74.3 Å². The van der Waals surface area contributed by atoms with Gasteiger partial charge in [0, 0.05) is 13.5 Å². The van der Waals surface area contributed by atoms with Gasteiger partial charge in [-0.15, -0.1) is 12.4 Å². The second-order valence-electron chi connectivity index (χ2n) is 2.23. The van der Waals surface area contributed by atoms with Gasteiger partial charge in [-0.1, -0.05) is 0 Å². The van der Waals surface area contributed by atoms with Crippen molar-refractivity contribution in [3.05, 3.63) is 0 Å². The average Bonchev–Trinajstić information content (AvgIpc) is 1.98. The standard InChI is InChI=1S/C7H16N2O.ClH/c1-8-6-4-3-5-7(10)9-2;/h8H,3-6H2,1-2H3,(H,9,10);1H. The van der Waals surface area contributed by atoms with Crippen LogP contribution in [0.3, 0.4) is 0 Å². The summed E-state index contributed by atoms with van der Waals surface area (Å²) in [7, 11) is 3.58. The van der Waals surface area contributed by atoms with Crippen molar-refractivity contribution in [1.82, 2.24) is 10.6 Å². The average molecular weight is 181 g/mol. The summed E-state index contributed by atoms with van der Waals surface area (Å²) in [5.41, 5.74) is 0. The van der Waals surface area contributed by atoms with Gasteiger partial charge >= 0.3 is 0 Å². The first kappa shape index (κ1) is 13.3. The van der Waals surface area contributed by atoms with E-state index in [1.807, 2.05) is 7.05 Å². The highest BCUT2D eigenvalue weighted by atomic mass is 35.5. The largest absolute Gasteiger partial charge is 0.359 e. The van der Waals surface area contributed by atoms with Crippen LogP contribution in [-0.2, 0) is 4.79 Å². The highest BCUT2D eigenvalue weighted by molar-refractivity contribution is 5.85. The van der Waals surface area contributed by atoms with Gasteiger partial charge in [-0.25, -0.2) is 0 Å². The van der Waals surface area contributed by atoms with Crippen LogP contribution in [0.1, 0.15) is 19.3 Å². The maximum absolute atomic E-state index is 10.6. The molecule has 1 amide bonds. The third kappa shape index (κ3) is 9.72. The monoisotopic (exact) mass is 180 g/mol. The maximum Gasteiger partial charge on any atom is 0.219 e. The first-order chi connectivity index (χ1) is 4.81. The minimum Gasteiger partial charge on any atom is -0.359 e. The molecule has 0 fully saturated rings. The summed E-state index contributed by atoms with van der Waals surface area (Å²) in [5, 5.41) is 5.61. The van der Waals surface area contributed by atoms with E-state index >= 15 is 0 Å². The van der Waals surface area contributed by atoms with Crippen molar-refractivity contribution in [2.75, 3.05) is 20.6 Å². The van der Waals surface area contributed by atoms with Crippen LogP contribution in [0.5, 0.6) is 0 Å². The van der Waals surface area contributed by atoms with Crippen LogP contribution in [0.2, 0.25) is 0 Å². The van der Waals surface area contributed by atoms with E-state index in [1.165, 1.54) is 0 Å². The summed E-state index contributed by atoms with van der Waals surface area (Å²) in [6.07, 6.45) is 2.70. The summed E-state index contributed by atoms with van der Waals surface area (Å²) in [6, 6.07) is 0. The van der Waals surface area contributed by atoms with Gasteiger partial charge in [0.2, 0.25) is 5.91 Å². The molecule has 68 valence electrons. The van der Waals surface area contributed by atoms with E-state index in [2.05, 4.69) is 10.6 Å². The Morgan fingerprint density at radius 1 is 1.27 bits per heavy atom. The highest BCUT2D eigenvalue weighted by Crippen LogP contribution is 1.92. The second kappa shape index (κ2) is 9.72. The lowest BCUT2D eigenvalue weighted by atomic mass is 10.2. The van der Waals surface area contributed by atoms with E-state index in [9.17, 15) is 4.79 Å². The van der Waals surface area contributed by atoms with Crippen LogP contribution in [-0.4, -0.2) is 26.5 Å². The van der Waals surface area contributed by atoms with Crippen LogP contribution in [0.4, 0.5) is 0 Å². The van der Waals surface area contributed by atoms with E-state index in [0.717, 1.165) is 19.4 Å². The summed E-state index contributed by atoms with van der Waals surface area (Å²) in [4.78, 5) is 10.6. The fourth-order valence-electron chi connectivity index (χ4n) is 0.712. The molecule has 0 atom stereocenters. The summed E-state index contributed by atoms with van der Waals surface area (Å²) < 4.78 is 0. The van der Waals surface area contributed by atoms with Crippen molar-refractivity contribution in [2.24, 2.45) is 0 Å². The number of amides is 1. The molecule has 0 aliphatic carbocycles. The van der Waals surface area contributed by atoms with Gasteiger partial charge in [0.05, 0.1) is 0 Å². The van der Waals surface area contributed by atoms with Gasteiger partial charge in [0.25, 0.3) is 0 Å². The van der Waals surface area contributed by atoms with Crippen LogP contribution < -0.4 is 10.6 Å². The molecule has 11 heavy (non-hydrogen) atoms. The van der Waals surface area contributed by atoms with Crippen molar-refractivity contribution < 1.29 is 4.79 Å². The molecule has 0 aromatic heterocycles. The summed E-state index contributed by atoms with van der Waals surface area (Å²) in [6.45, 7) is 0.997. The van der Waals surface area contributed by atoms with Crippen molar-refractivity contribution in [3.8, 4) is 0 Å². The fourth-order valence-corrected chi connectivity index (χ4v) is 0.712. The zero-order valence-corrected chi connectivity index (χ0v) is 7.96. The van der Waals surface area contributed by atoms with Crippen molar-refractivity contribution >= 4 is 18.3 Å². The third-order valence-electron chi connectivity index (χ3n) is 1.36. The molecular formula is C7H17ClN2O. The molecule has 0 aliphatic rings. The lowest BCUT2D eigenvalue weighted by Gasteiger charge is -1.98. The van der Waals surface area contributed by atoms with E-state index in [-0.39, 0.29) is 18.3 Å². The SMILES string of the molecule is CNCCCCC(=O)NC.Cl. The Hall–Kier alpha value is -0.280. The Morgan fingerprint density at radius 3 is 2.36 bits per heavy atom. The Morgan fingerprint density at radius 2 is 1.91 bits per heavy atom. The van der Waals surface area contributed by atoms with Crippen LogP contribution in [0.15, 0.2) is 0 Å². The predicted molar refractivity (Wildman–Crippen MR) is 49.1 cm³/mol. The van der Waals surface area contributed by atoms with E-state index in [4.69, 9.17) is 0 Å². The molecule has 0 bridgehead atoms. The van der Waals surface area contributed by atoms with E-state index in [0.29, 0.717) is 6.42 Å². The molecule has 0 aromatic carbocycles. The van der Waals surface area contributed by atoms with Crippen LogP contribution in [0.25, 0.3) is 0 Å². The molecule has 0 radical (unpaired) electrons. The normalized spacial score (nSPS) is 8.55. The van der Waals surface area contributed by atoms with E-state index in [1.54, 1.807) is 7.05 Å². The molecule has 0 heterocycles. The van der Waals surface area contributed by atoms with E-state index < -0.39 is 0 Å². The lowest BCUT2D eigenvalue weighted by molar-refractivity contribution is -0.120. The second-order valence-corrected chi connectivity index (χ2v) is 2.23. The van der Waals surface area contributed by atoms with Crippen molar-refractivity contribution in [1.29, 1.82) is 0 Å². The van der Waals surface area contributed by atoms with Gasteiger partial charge in [-0.2, -0.15) is 0 Å². The molecular weight excluding hydrogens is 164 g/mol. The van der Waals surface area contributed by atoms with Crippen LogP contribution in [0, 0.1) is 0 Å². The summed E-state index contributed by atoms with van der Waals surface area (Å²) >= 11 is 0. The first-order valence-electron chi connectivity index (χ1n) is 3.66. The smallest absolute Gasteiger partial charge is 0.219 e. The highest BCUT2D eigenvalue weighted by Gasteiger charge is 1.95. The third-order valence-corrected chi connectivity index (χ3v) is 1.36. The van der Waals surface area contributed by atoms with Gasteiger partial charge in [0.15, 0.2) is 0 Å². The molecule has 0 aliphatic heterocycles. The molecule has 2 N–H and O–H groups in total. The van der Waals surface area contributed by atoms with Crippen molar-refractivity contribution in [3.63, 3.8) is 0 Å².